The van der Waals surface area contributed by atoms with Crippen LogP contribution in [0, 0.1) is 12.8 Å². The highest BCUT2D eigenvalue weighted by Gasteiger charge is 2.20. The number of ketones is 1. The van der Waals surface area contributed by atoms with E-state index in [1.54, 1.807) is 18.3 Å². The second-order valence-corrected chi connectivity index (χ2v) is 11.5. The zero-order valence-corrected chi connectivity index (χ0v) is 20.9. The molecule has 0 bridgehead atoms. The Balaban J connectivity index is 1.30. The van der Waals surface area contributed by atoms with Crippen LogP contribution in [0.2, 0.25) is 0 Å². The van der Waals surface area contributed by atoms with Crippen LogP contribution in [-0.4, -0.2) is 30.4 Å². The number of hydrogen-bond acceptors (Lipinski definition) is 6. The van der Waals surface area contributed by atoms with Gasteiger partial charge in [0.2, 0.25) is 5.88 Å². The van der Waals surface area contributed by atoms with Crippen LogP contribution in [0.1, 0.15) is 59.3 Å². The quantitative estimate of drug-likeness (QED) is 0.362. The van der Waals surface area contributed by atoms with Gasteiger partial charge in [-0.1, -0.05) is 29.8 Å². The number of rotatable bonds is 8. The van der Waals surface area contributed by atoms with Gasteiger partial charge in [-0.15, -0.1) is 0 Å². The van der Waals surface area contributed by atoms with E-state index < -0.39 is 9.84 Å². The van der Waals surface area contributed by atoms with E-state index in [0.29, 0.717) is 29.5 Å². The summed E-state index contributed by atoms with van der Waals surface area (Å²) in [7, 11) is -3.14. The second-order valence-electron chi connectivity index (χ2n) is 9.33. The lowest BCUT2D eigenvalue weighted by molar-refractivity contribution is 0.0953. The van der Waals surface area contributed by atoms with Gasteiger partial charge in [-0.25, -0.2) is 13.4 Å². The molecule has 1 fully saturated rings. The molecule has 1 aromatic carbocycles. The Kier molecular flexibility index (Phi) is 7.76. The Morgan fingerprint density at radius 1 is 1.06 bits per heavy atom. The third-order valence-electron chi connectivity index (χ3n) is 6.11. The number of carbonyl (C=O) groups is 1. The summed E-state index contributed by atoms with van der Waals surface area (Å²) in [5.74, 6) is 1.63. The van der Waals surface area contributed by atoms with E-state index in [-0.39, 0.29) is 11.5 Å². The molecule has 1 aliphatic carbocycles. The van der Waals surface area contributed by atoms with E-state index in [4.69, 9.17) is 4.74 Å². The second kappa shape index (κ2) is 11.0. The zero-order valence-electron chi connectivity index (χ0n) is 20.1. The van der Waals surface area contributed by atoms with Gasteiger partial charge in [0, 0.05) is 36.7 Å². The first-order chi connectivity index (χ1) is 16.7. The maximum Gasteiger partial charge on any atom is 0.219 e. The molecular formula is C28H30N2O4S. The number of allylic oxidation sites excluding steroid dienone is 1. The molecule has 4 rings (SSSR count). The number of pyridine rings is 2. The maximum atomic E-state index is 12.7. The van der Waals surface area contributed by atoms with Gasteiger partial charge in [0.1, 0.15) is 5.75 Å². The molecule has 0 saturated heterocycles. The van der Waals surface area contributed by atoms with Gasteiger partial charge in [0.05, 0.1) is 11.4 Å². The molecule has 3 aromatic rings. The van der Waals surface area contributed by atoms with E-state index >= 15 is 0 Å². The minimum atomic E-state index is -3.14. The summed E-state index contributed by atoms with van der Waals surface area (Å²) in [6, 6.07) is 15.1. The summed E-state index contributed by atoms with van der Waals surface area (Å²) in [6.45, 7) is 1.99. The molecule has 2 heterocycles. The van der Waals surface area contributed by atoms with Crippen LogP contribution < -0.4 is 4.74 Å². The lowest BCUT2D eigenvalue weighted by Crippen LogP contribution is -2.14. The maximum absolute atomic E-state index is 12.7. The molecule has 1 saturated carbocycles. The lowest BCUT2D eigenvalue weighted by atomic mass is 9.82. The lowest BCUT2D eigenvalue weighted by Gasteiger charge is -2.23. The summed E-state index contributed by atoms with van der Waals surface area (Å²) >= 11 is 0. The molecule has 0 spiro atoms. The van der Waals surface area contributed by atoms with Crippen molar-refractivity contribution in [3.8, 4) is 11.6 Å². The standard InChI is InChI=1S/C28H30N2O4S/c1-20-6-13-28(30-17-20)34-26-5-3-4-23(15-26)14-21-7-9-22(10-8-21)16-27(31)24-11-12-25(29-18-24)19-35(2,32)33/h3-6,11-15,17-18,22H,7-10,16,19H2,1-2H3. The summed E-state index contributed by atoms with van der Waals surface area (Å²) in [4.78, 5) is 21.1. The predicted octanol–water partition coefficient (Wildman–Crippen LogP) is 5.97. The molecule has 7 heteroatoms. The van der Waals surface area contributed by atoms with Crippen LogP contribution in [0.3, 0.4) is 0 Å². The van der Waals surface area contributed by atoms with Crippen molar-refractivity contribution < 1.29 is 17.9 Å². The number of benzene rings is 1. The van der Waals surface area contributed by atoms with E-state index in [0.717, 1.165) is 42.6 Å². The van der Waals surface area contributed by atoms with Crippen LogP contribution in [-0.2, 0) is 15.6 Å². The number of ether oxygens (including phenoxy) is 1. The van der Waals surface area contributed by atoms with E-state index in [9.17, 15) is 13.2 Å². The van der Waals surface area contributed by atoms with Gasteiger partial charge in [0.25, 0.3) is 0 Å². The van der Waals surface area contributed by atoms with Crippen molar-refractivity contribution in [3.63, 3.8) is 0 Å². The Labute approximate surface area is 207 Å². The molecule has 0 amide bonds. The molecule has 0 aliphatic heterocycles. The molecule has 0 radical (unpaired) electrons. The van der Waals surface area contributed by atoms with E-state index in [2.05, 4.69) is 22.1 Å². The van der Waals surface area contributed by atoms with Gasteiger partial charge in [0.15, 0.2) is 15.6 Å². The third-order valence-corrected chi connectivity index (χ3v) is 6.93. The zero-order chi connectivity index (χ0) is 24.8. The van der Waals surface area contributed by atoms with Crippen LogP contribution in [0.15, 0.2) is 66.5 Å². The first-order valence-corrected chi connectivity index (χ1v) is 13.9. The summed E-state index contributed by atoms with van der Waals surface area (Å²) in [5.41, 5.74) is 4.57. The van der Waals surface area contributed by atoms with Crippen molar-refractivity contribution in [1.29, 1.82) is 0 Å². The number of carbonyl (C=O) groups excluding carboxylic acids is 1. The predicted molar refractivity (Wildman–Crippen MR) is 137 cm³/mol. The van der Waals surface area contributed by atoms with Crippen LogP contribution in [0.4, 0.5) is 0 Å². The average Bonchev–Trinajstić information content (AvgIpc) is 2.81. The van der Waals surface area contributed by atoms with Gasteiger partial charge < -0.3 is 4.74 Å². The van der Waals surface area contributed by atoms with Gasteiger partial charge in [-0.2, -0.15) is 0 Å². The van der Waals surface area contributed by atoms with Gasteiger partial charge >= 0.3 is 0 Å². The molecule has 182 valence electrons. The normalized spacial score (nSPS) is 16.1. The third kappa shape index (κ3) is 7.59. The van der Waals surface area contributed by atoms with Crippen molar-refractivity contribution >= 4 is 21.7 Å². The topological polar surface area (TPSA) is 86.2 Å². The monoisotopic (exact) mass is 490 g/mol. The Morgan fingerprint density at radius 3 is 2.51 bits per heavy atom. The first-order valence-electron chi connectivity index (χ1n) is 11.8. The number of aromatic nitrogens is 2. The van der Waals surface area contributed by atoms with Crippen LogP contribution in [0.25, 0.3) is 6.08 Å². The molecule has 35 heavy (non-hydrogen) atoms. The molecule has 0 N–H and O–H groups in total. The summed E-state index contributed by atoms with van der Waals surface area (Å²) in [5, 5.41) is 0. The highest BCUT2D eigenvalue weighted by molar-refractivity contribution is 7.89. The summed E-state index contributed by atoms with van der Waals surface area (Å²) in [6.07, 6.45) is 11.1. The fraction of sp³-hybridized carbons (Fsp3) is 0.321. The van der Waals surface area contributed by atoms with Crippen molar-refractivity contribution in [2.24, 2.45) is 5.92 Å². The number of aryl methyl sites for hydroxylation is 1. The smallest absolute Gasteiger partial charge is 0.219 e. The summed E-state index contributed by atoms with van der Waals surface area (Å²) < 4.78 is 28.7. The van der Waals surface area contributed by atoms with Gasteiger partial charge in [-0.05, 0) is 73.9 Å². The van der Waals surface area contributed by atoms with Crippen molar-refractivity contribution in [2.75, 3.05) is 6.26 Å². The minimum Gasteiger partial charge on any atom is -0.439 e. The fourth-order valence-electron chi connectivity index (χ4n) is 4.26. The fourth-order valence-corrected chi connectivity index (χ4v) is 4.97. The Bertz CT molecular complexity index is 1300. The van der Waals surface area contributed by atoms with Gasteiger partial charge in [-0.3, -0.25) is 9.78 Å². The first kappa shape index (κ1) is 24.8. The number of nitrogens with zero attached hydrogens (tertiary/aromatic N) is 2. The highest BCUT2D eigenvalue weighted by atomic mass is 32.2. The molecular weight excluding hydrogens is 460 g/mol. The van der Waals surface area contributed by atoms with Crippen LogP contribution >= 0.6 is 0 Å². The van der Waals surface area contributed by atoms with Crippen LogP contribution in [0.5, 0.6) is 11.6 Å². The SMILES string of the molecule is Cc1ccc(Oc2cccc(C=C3CCC(CC(=O)c4ccc(CS(C)(=O)=O)nc4)CC3)c2)nc1. The minimum absolute atomic E-state index is 0.0652. The molecule has 0 unspecified atom stereocenters. The van der Waals surface area contributed by atoms with Crippen molar-refractivity contribution in [2.45, 2.75) is 44.8 Å². The molecule has 1 aliphatic rings. The molecule has 6 nitrogen and oxygen atoms in total. The molecule has 0 atom stereocenters. The average molecular weight is 491 g/mol. The number of hydrogen-bond donors (Lipinski definition) is 0. The number of sulfone groups is 1. The Hall–Kier alpha value is -3.32. The van der Waals surface area contributed by atoms with Crippen molar-refractivity contribution in [3.05, 3.63) is 88.9 Å². The van der Waals surface area contributed by atoms with Crippen molar-refractivity contribution in [1.82, 2.24) is 9.97 Å². The number of Topliss-reactive ketones (excluding diaryl/α,β-unsaturated/α-hetero) is 1. The van der Waals surface area contributed by atoms with E-state index in [1.807, 2.05) is 37.3 Å². The largest absolute Gasteiger partial charge is 0.439 e. The highest BCUT2D eigenvalue weighted by Crippen LogP contribution is 2.33. The van der Waals surface area contributed by atoms with E-state index in [1.165, 1.54) is 18.0 Å². The molecule has 2 aromatic heterocycles. The Morgan fingerprint density at radius 2 is 1.86 bits per heavy atom.